The Kier molecular flexibility index (Phi) is 5.40. The van der Waals surface area contributed by atoms with E-state index in [9.17, 15) is 4.79 Å². The van der Waals surface area contributed by atoms with Crippen molar-refractivity contribution >= 4 is 23.1 Å². The topological polar surface area (TPSA) is 83.9 Å². The molecule has 0 bridgehead atoms. The molecule has 1 aliphatic rings. The molecule has 28 heavy (non-hydrogen) atoms. The molecule has 0 radical (unpaired) electrons. The molecule has 2 atom stereocenters. The van der Waals surface area contributed by atoms with Crippen LogP contribution in [0, 0.1) is 0 Å². The Hall–Kier alpha value is -2.71. The van der Waals surface area contributed by atoms with Crippen LogP contribution >= 0.6 is 11.3 Å². The molecule has 1 fully saturated rings. The van der Waals surface area contributed by atoms with Crippen molar-refractivity contribution in [1.82, 2.24) is 24.8 Å². The van der Waals surface area contributed by atoms with Gasteiger partial charge in [-0.15, -0.1) is 11.3 Å². The highest BCUT2D eigenvalue weighted by Gasteiger charge is 2.28. The van der Waals surface area contributed by atoms with Crippen LogP contribution in [-0.2, 0) is 4.79 Å². The van der Waals surface area contributed by atoms with E-state index in [4.69, 9.17) is 0 Å². The average molecular weight is 395 g/mol. The number of anilines is 1. The second-order valence-electron chi connectivity index (χ2n) is 7.01. The minimum atomic E-state index is -0.0728. The largest absolute Gasteiger partial charge is 0.309 e. The molecule has 0 saturated carbocycles. The van der Waals surface area contributed by atoms with E-state index in [0.717, 1.165) is 17.8 Å². The Bertz CT molecular complexity index is 937. The normalized spacial score (nSPS) is 19.6. The molecule has 1 aliphatic heterocycles. The maximum absolute atomic E-state index is 12.7. The fourth-order valence-electron chi connectivity index (χ4n) is 3.49. The Labute approximate surface area is 167 Å². The summed E-state index contributed by atoms with van der Waals surface area (Å²) in [5.74, 6) is 0.855. The SMILES string of the molecule is CC1CCC(C)N1CC(=O)Nc1cc(-c2nccs2)nc(-c2ccccn2)n1. The minimum absolute atomic E-state index is 0.0728. The van der Waals surface area contributed by atoms with E-state index in [0.29, 0.717) is 41.7 Å². The Morgan fingerprint density at radius 2 is 1.96 bits per heavy atom. The standard InChI is InChI=1S/C20H22N6OS/c1-13-6-7-14(2)26(13)12-18(27)24-17-11-16(20-22-9-10-28-20)23-19(25-17)15-5-3-4-8-21-15/h3-5,8-11,13-14H,6-7,12H2,1-2H3,(H,23,24,25,27). The van der Waals surface area contributed by atoms with Gasteiger partial charge in [-0.25, -0.2) is 15.0 Å². The lowest BCUT2D eigenvalue weighted by molar-refractivity contribution is -0.117. The molecule has 2 unspecified atom stereocenters. The molecule has 1 N–H and O–H groups in total. The zero-order valence-corrected chi connectivity index (χ0v) is 16.7. The van der Waals surface area contributed by atoms with Gasteiger partial charge in [-0.3, -0.25) is 14.7 Å². The van der Waals surface area contributed by atoms with E-state index in [1.807, 2.05) is 23.6 Å². The summed E-state index contributed by atoms with van der Waals surface area (Å²) in [5, 5.41) is 5.61. The molecular weight excluding hydrogens is 372 g/mol. The van der Waals surface area contributed by atoms with Gasteiger partial charge in [0.1, 0.15) is 22.2 Å². The van der Waals surface area contributed by atoms with Crippen LogP contribution < -0.4 is 5.32 Å². The molecule has 7 nitrogen and oxygen atoms in total. The van der Waals surface area contributed by atoms with E-state index in [1.165, 1.54) is 11.3 Å². The summed E-state index contributed by atoms with van der Waals surface area (Å²) in [4.78, 5) is 32.7. The van der Waals surface area contributed by atoms with Crippen molar-refractivity contribution in [3.63, 3.8) is 0 Å². The second-order valence-corrected chi connectivity index (χ2v) is 7.90. The van der Waals surface area contributed by atoms with Crippen LogP contribution in [0.3, 0.4) is 0 Å². The van der Waals surface area contributed by atoms with Crippen LogP contribution in [0.4, 0.5) is 5.82 Å². The molecular formula is C20H22N6OS. The zero-order chi connectivity index (χ0) is 19.5. The van der Waals surface area contributed by atoms with Crippen molar-refractivity contribution in [2.45, 2.75) is 38.8 Å². The van der Waals surface area contributed by atoms with E-state index in [2.05, 4.69) is 44.0 Å². The lowest BCUT2D eigenvalue weighted by Gasteiger charge is -2.24. The molecule has 3 aromatic heterocycles. The van der Waals surface area contributed by atoms with E-state index in [-0.39, 0.29) is 5.91 Å². The number of likely N-dealkylation sites (tertiary alicyclic amines) is 1. The first-order valence-corrected chi connectivity index (χ1v) is 10.2. The van der Waals surface area contributed by atoms with Crippen LogP contribution in [0.5, 0.6) is 0 Å². The van der Waals surface area contributed by atoms with Gasteiger partial charge in [0.15, 0.2) is 5.82 Å². The predicted molar refractivity (Wildman–Crippen MR) is 110 cm³/mol. The second kappa shape index (κ2) is 8.12. The van der Waals surface area contributed by atoms with E-state index < -0.39 is 0 Å². The smallest absolute Gasteiger partial charge is 0.239 e. The van der Waals surface area contributed by atoms with Gasteiger partial charge in [-0.05, 0) is 38.8 Å². The van der Waals surface area contributed by atoms with E-state index in [1.54, 1.807) is 18.5 Å². The van der Waals surface area contributed by atoms with Crippen LogP contribution in [0.2, 0.25) is 0 Å². The first-order valence-electron chi connectivity index (χ1n) is 9.36. The third-order valence-electron chi connectivity index (χ3n) is 5.00. The lowest BCUT2D eigenvalue weighted by atomic mass is 10.2. The summed E-state index contributed by atoms with van der Waals surface area (Å²) in [5.41, 5.74) is 1.32. The quantitative estimate of drug-likeness (QED) is 0.713. The zero-order valence-electron chi connectivity index (χ0n) is 15.9. The highest BCUT2D eigenvalue weighted by Crippen LogP contribution is 2.26. The maximum atomic E-state index is 12.7. The first-order chi connectivity index (χ1) is 13.6. The number of hydrogen-bond donors (Lipinski definition) is 1. The number of thiazole rings is 1. The third-order valence-corrected chi connectivity index (χ3v) is 5.80. The summed E-state index contributed by atoms with van der Waals surface area (Å²) in [6.07, 6.45) is 5.68. The van der Waals surface area contributed by atoms with Crippen molar-refractivity contribution < 1.29 is 4.79 Å². The molecule has 4 heterocycles. The van der Waals surface area contributed by atoms with Gasteiger partial charge in [-0.1, -0.05) is 6.07 Å². The number of carbonyl (C=O) groups is 1. The molecule has 4 rings (SSSR count). The summed E-state index contributed by atoms with van der Waals surface area (Å²) >= 11 is 1.49. The van der Waals surface area contributed by atoms with Crippen LogP contribution in [0.25, 0.3) is 22.2 Å². The van der Waals surface area contributed by atoms with Crippen LogP contribution in [-0.4, -0.2) is 49.4 Å². The average Bonchev–Trinajstić information content (AvgIpc) is 3.35. The first kappa shape index (κ1) is 18.6. The van der Waals surface area contributed by atoms with Crippen molar-refractivity contribution in [2.75, 3.05) is 11.9 Å². The van der Waals surface area contributed by atoms with Gasteiger partial charge in [0.25, 0.3) is 0 Å². The number of aromatic nitrogens is 4. The third kappa shape index (κ3) is 4.07. The Morgan fingerprint density at radius 1 is 1.14 bits per heavy atom. The van der Waals surface area contributed by atoms with Crippen LogP contribution in [0.15, 0.2) is 42.0 Å². The van der Waals surface area contributed by atoms with Gasteiger partial charge < -0.3 is 5.32 Å². The van der Waals surface area contributed by atoms with Gasteiger partial charge in [-0.2, -0.15) is 0 Å². The van der Waals surface area contributed by atoms with Crippen molar-refractivity contribution in [1.29, 1.82) is 0 Å². The summed E-state index contributed by atoms with van der Waals surface area (Å²) in [6, 6.07) is 8.17. The summed E-state index contributed by atoms with van der Waals surface area (Å²) in [6.45, 7) is 4.69. The van der Waals surface area contributed by atoms with Gasteiger partial charge in [0, 0.05) is 35.9 Å². The van der Waals surface area contributed by atoms with Gasteiger partial charge in [0.05, 0.1) is 6.54 Å². The highest BCUT2D eigenvalue weighted by molar-refractivity contribution is 7.13. The molecule has 0 aliphatic carbocycles. The fourth-order valence-corrected chi connectivity index (χ4v) is 4.09. The number of carbonyl (C=O) groups excluding carboxylic acids is 1. The molecule has 1 amide bonds. The van der Waals surface area contributed by atoms with Crippen molar-refractivity contribution in [3.8, 4) is 22.2 Å². The molecule has 144 valence electrons. The number of pyridine rings is 1. The van der Waals surface area contributed by atoms with E-state index >= 15 is 0 Å². The number of hydrogen-bond acceptors (Lipinski definition) is 7. The summed E-state index contributed by atoms with van der Waals surface area (Å²) < 4.78 is 0. The summed E-state index contributed by atoms with van der Waals surface area (Å²) in [7, 11) is 0. The Morgan fingerprint density at radius 3 is 2.64 bits per heavy atom. The predicted octanol–water partition coefficient (Wildman–Crippen LogP) is 3.47. The molecule has 0 spiro atoms. The molecule has 1 saturated heterocycles. The van der Waals surface area contributed by atoms with Crippen molar-refractivity contribution in [3.05, 3.63) is 42.0 Å². The molecule has 3 aromatic rings. The van der Waals surface area contributed by atoms with Gasteiger partial charge >= 0.3 is 0 Å². The molecule has 8 heteroatoms. The minimum Gasteiger partial charge on any atom is -0.309 e. The number of rotatable bonds is 5. The van der Waals surface area contributed by atoms with Crippen LogP contribution in [0.1, 0.15) is 26.7 Å². The number of nitrogens with one attached hydrogen (secondary N) is 1. The highest BCUT2D eigenvalue weighted by atomic mass is 32.1. The fraction of sp³-hybridized carbons (Fsp3) is 0.350. The number of nitrogens with zero attached hydrogens (tertiary/aromatic N) is 5. The van der Waals surface area contributed by atoms with Gasteiger partial charge in [0.2, 0.25) is 5.91 Å². The lowest BCUT2D eigenvalue weighted by Crippen LogP contribution is -2.39. The molecule has 0 aromatic carbocycles. The monoisotopic (exact) mass is 394 g/mol. The van der Waals surface area contributed by atoms with Crippen molar-refractivity contribution in [2.24, 2.45) is 0 Å². The number of amides is 1. The Balaban J connectivity index is 1.61. The maximum Gasteiger partial charge on any atom is 0.239 e.